The van der Waals surface area contributed by atoms with Crippen molar-refractivity contribution in [3.05, 3.63) is 17.7 Å². The van der Waals surface area contributed by atoms with Crippen LogP contribution in [0.4, 0.5) is 0 Å². The topological polar surface area (TPSA) is 56.8 Å². The monoisotopic (exact) mass is 333 g/mol. The van der Waals surface area contributed by atoms with Gasteiger partial charge in [-0.3, -0.25) is 4.79 Å². The third-order valence-electron chi connectivity index (χ3n) is 5.72. The Labute approximate surface area is 143 Å². The molecule has 132 valence electrons. The Morgan fingerprint density at radius 2 is 1.75 bits per heavy atom. The Morgan fingerprint density at radius 1 is 1.08 bits per heavy atom. The minimum Gasteiger partial charge on any atom is -0.493 e. The molecule has 3 rings (SSSR count). The number of hydrogen-bond donors (Lipinski definition) is 1. The maximum absolute atomic E-state index is 12.7. The van der Waals surface area contributed by atoms with Crippen LogP contribution in [0.2, 0.25) is 0 Å². The summed E-state index contributed by atoms with van der Waals surface area (Å²) in [5.74, 6) is 3.66. The average Bonchev–Trinajstić information content (AvgIpc) is 3.23. The third-order valence-corrected chi connectivity index (χ3v) is 5.72. The predicted octanol–water partition coefficient (Wildman–Crippen LogP) is 3.27. The molecule has 2 fully saturated rings. The van der Waals surface area contributed by atoms with E-state index in [1.165, 1.54) is 25.7 Å². The molecule has 0 spiro atoms. The number of amides is 1. The highest BCUT2D eigenvalue weighted by Gasteiger charge is 2.42. The highest BCUT2D eigenvalue weighted by molar-refractivity contribution is 5.95. The van der Waals surface area contributed by atoms with E-state index in [0.29, 0.717) is 28.7 Å². The normalized spacial score (nSPS) is 26.1. The number of benzene rings is 1. The summed E-state index contributed by atoms with van der Waals surface area (Å²) < 4.78 is 16.0. The number of ether oxygens (including phenoxy) is 3. The number of nitrogens with one attached hydrogen (secondary N) is 1. The molecule has 0 radical (unpaired) electrons. The fraction of sp³-hybridized carbons (Fsp3) is 0.632. The molecular formula is C19H27NO4. The first kappa shape index (κ1) is 16.9. The zero-order chi connectivity index (χ0) is 17.3. The Kier molecular flexibility index (Phi) is 4.88. The van der Waals surface area contributed by atoms with Crippen molar-refractivity contribution in [1.29, 1.82) is 0 Å². The molecule has 2 aliphatic carbocycles. The quantitative estimate of drug-likeness (QED) is 0.868. The lowest BCUT2D eigenvalue weighted by molar-refractivity contribution is 0.0914. The van der Waals surface area contributed by atoms with E-state index < -0.39 is 0 Å². The lowest BCUT2D eigenvalue weighted by Gasteiger charge is -2.28. The van der Waals surface area contributed by atoms with E-state index in [-0.39, 0.29) is 11.9 Å². The molecule has 1 aromatic rings. The fourth-order valence-electron chi connectivity index (χ4n) is 4.52. The number of hydrogen-bond acceptors (Lipinski definition) is 4. The molecule has 5 heteroatoms. The molecule has 24 heavy (non-hydrogen) atoms. The van der Waals surface area contributed by atoms with Crippen molar-refractivity contribution in [3.63, 3.8) is 0 Å². The number of rotatable bonds is 6. The van der Waals surface area contributed by atoms with Crippen LogP contribution in [0.3, 0.4) is 0 Å². The maximum atomic E-state index is 12.7. The summed E-state index contributed by atoms with van der Waals surface area (Å²) >= 11 is 0. The minimum absolute atomic E-state index is 0.0930. The molecule has 1 N–H and O–H groups in total. The van der Waals surface area contributed by atoms with E-state index in [1.807, 2.05) is 0 Å². The largest absolute Gasteiger partial charge is 0.493 e. The number of carbonyl (C=O) groups excluding carboxylic acids is 1. The molecule has 5 nitrogen and oxygen atoms in total. The van der Waals surface area contributed by atoms with Gasteiger partial charge in [-0.15, -0.1) is 0 Å². The summed E-state index contributed by atoms with van der Waals surface area (Å²) in [6, 6.07) is 3.58. The molecule has 2 saturated carbocycles. The molecule has 0 unspecified atom stereocenters. The van der Waals surface area contributed by atoms with E-state index in [2.05, 4.69) is 12.2 Å². The zero-order valence-electron chi connectivity index (χ0n) is 14.9. The van der Waals surface area contributed by atoms with Crippen LogP contribution in [0.1, 0.15) is 43.0 Å². The van der Waals surface area contributed by atoms with Gasteiger partial charge in [-0.25, -0.2) is 0 Å². The van der Waals surface area contributed by atoms with Crippen LogP contribution in [-0.4, -0.2) is 33.3 Å². The molecule has 2 aliphatic rings. The highest BCUT2D eigenvalue weighted by Crippen LogP contribution is 2.49. The van der Waals surface area contributed by atoms with Crippen molar-refractivity contribution in [3.8, 4) is 17.2 Å². The molecule has 0 saturated heterocycles. The number of methoxy groups -OCH3 is 3. The van der Waals surface area contributed by atoms with Crippen LogP contribution in [0.5, 0.6) is 17.2 Å². The molecule has 2 bridgehead atoms. The maximum Gasteiger partial charge on any atom is 0.251 e. The zero-order valence-corrected chi connectivity index (χ0v) is 14.9. The molecular weight excluding hydrogens is 306 g/mol. The summed E-state index contributed by atoms with van der Waals surface area (Å²) in [7, 11) is 4.66. The Balaban J connectivity index is 1.74. The molecule has 4 atom stereocenters. The van der Waals surface area contributed by atoms with Crippen LogP contribution < -0.4 is 19.5 Å². The van der Waals surface area contributed by atoms with Crippen LogP contribution in [0.15, 0.2) is 12.1 Å². The standard InChI is InChI=1S/C19H27NO4/c1-11(15-8-12-5-6-13(15)7-12)20-19(21)14-9-16(22-2)18(24-4)17(10-14)23-3/h9-13,15H,5-8H2,1-4H3,(H,20,21)/t11-,12-,13-,15+/m0/s1. The first-order chi connectivity index (χ1) is 11.6. The summed E-state index contributed by atoms with van der Waals surface area (Å²) in [5, 5.41) is 3.17. The molecule has 1 amide bonds. The lowest BCUT2D eigenvalue weighted by atomic mass is 9.84. The number of fused-ring (bicyclic) bond motifs is 2. The Morgan fingerprint density at radius 3 is 2.21 bits per heavy atom. The molecule has 0 aliphatic heterocycles. The van der Waals surface area contributed by atoms with Gasteiger partial charge in [0.1, 0.15) is 0 Å². The van der Waals surface area contributed by atoms with Gasteiger partial charge < -0.3 is 19.5 Å². The van der Waals surface area contributed by atoms with Gasteiger partial charge in [-0.1, -0.05) is 6.42 Å². The SMILES string of the molecule is COc1cc(C(=O)N[C@@H](C)[C@H]2C[C@H]3CC[C@H]2C3)cc(OC)c1OC. The first-order valence-corrected chi connectivity index (χ1v) is 8.68. The lowest BCUT2D eigenvalue weighted by Crippen LogP contribution is -2.40. The summed E-state index contributed by atoms with van der Waals surface area (Å²) in [5.41, 5.74) is 0.527. The van der Waals surface area contributed by atoms with Crippen molar-refractivity contribution >= 4 is 5.91 Å². The Bertz CT molecular complexity index is 590. The second-order valence-electron chi connectivity index (χ2n) is 7.01. The van der Waals surface area contributed by atoms with E-state index in [9.17, 15) is 4.79 Å². The van der Waals surface area contributed by atoms with E-state index in [4.69, 9.17) is 14.2 Å². The van der Waals surface area contributed by atoms with Crippen molar-refractivity contribution < 1.29 is 19.0 Å². The van der Waals surface area contributed by atoms with E-state index >= 15 is 0 Å². The summed E-state index contributed by atoms with van der Waals surface area (Å²) in [6.45, 7) is 2.13. The predicted molar refractivity (Wildman–Crippen MR) is 92.0 cm³/mol. The van der Waals surface area contributed by atoms with Gasteiger partial charge >= 0.3 is 0 Å². The molecule has 1 aromatic carbocycles. The fourth-order valence-corrected chi connectivity index (χ4v) is 4.52. The average molecular weight is 333 g/mol. The molecule has 0 heterocycles. The van der Waals surface area contributed by atoms with Crippen LogP contribution >= 0.6 is 0 Å². The van der Waals surface area contributed by atoms with Crippen LogP contribution in [0.25, 0.3) is 0 Å². The Hall–Kier alpha value is -1.91. The summed E-state index contributed by atoms with van der Waals surface area (Å²) in [6.07, 6.45) is 5.28. The van der Waals surface area contributed by atoms with E-state index in [0.717, 1.165) is 11.8 Å². The smallest absolute Gasteiger partial charge is 0.251 e. The van der Waals surface area contributed by atoms with Crippen LogP contribution in [0, 0.1) is 17.8 Å². The van der Waals surface area contributed by atoms with Gasteiger partial charge in [0.05, 0.1) is 21.3 Å². The second kappa shape index (κ2) is 6.91. The first-order valence-electron chi connectivity index (χ1n) is 8.68. The van der Waals surface area contributed by atoms with Crippen molar-refractivity contribution in [2.75, 3.05) is 21.3 Å². The van der Waals surface area contributed by atoms with Gasteiger partial charge in [0.2, 0.25) is 5.75 Å². The van der Waals surface area contributed by atoms with Crippen molar-refractivity contribution in [1.82, 2.24) is 5.32 Å². The second-order valence-corrected chi connectivity index (χ2v) is 7.01. The van der Waals surface area contributed by atoms with Gasteiger partial charge in [0, 0.05) is 11.6 Å². The minimum atomic E-state index is -0.0930. The van der Waals surface area contributed by atoms with Gasteiger partial charge in [0.25, 0.3) is 5.91 Å². The summed E-state index contributed by atoms with van der Waals surface area (Å²) in [4.78, 5) is 12.7. The number of carbonyl (C=O) groups is 1. The van der Waals surface area contributed by atoms with Gasteiger partial charge in [-0.05, 0) is 56.1 Å². The third kappa shape index (κ3) is 3.04. The van der Waals surface area contributed by atoms with Gasteiger partial charge in [0.15, 0.2) is 11.5 Å². The van der Waals surface area contributed by atoms with Gasteiger partial charge in [-0.2, -0.15) is 0 Å². The van der Waals surface area contributed by atoms with E-state index in [1.54, 1.807) is 33.5 Å². The van der Waals surface area contributed by atoms with Crippen molar-refractivity contribution in [2.24, 2.45) is 17.8 Å². The molecule has 0 aromatic heterocycles. The van der Waals surface area contributed by atoms with Crippen molar-refractivity contribution in [2.45, 2.75) is 38.6 Å². The highest BCUT2D eigenvalue weighted by atomic mass is 16.5. The van der Waals surface area contributed by atoms with Crippen LogP contribution in [-0.2, 0) is 0 Å².